The molecule has 0 spiro atoms. The standard InChI is InChI=1S/C90H171NO18/c1-3-5-7-9-11-13-15-17-19-21-23-25-27-29-31-33-35-36-38-40-42-44-46-48-50-52-54-56-58-60-62-64-66-68-78(96)91-73(74(95)67-65-63-61-59-57-55-53-51-49-47-45-43-41-39-37-34-32-30-28-26-24-22-20-18-16-14-12-10-8-6-4-2)72-104-88-84(102)81(99)86(76(70-93)106-88)109-90-85(103)82(100)87(77(71-94)107-90)108-89-83(101)80(98)79(97)75(69-92)105-89/h57,59,65,67,73-77,79-90,92-95,97-103H,3-56,58,60-64,66,68-72H2,1-2H3,(H,91,96)/b59-57+,67-65+. The molecule has 0 radical (unpaired) electrons. The maximum Gasteiger partial charge on any atom is 0.220 e. The van der Waals surface area contributed by atoms with Gasteiger partial charge < -0.3 is 89.9 Å². The summed E-state index contributed by atoms with van der Waals surface area (Å²) in [7, 11) is 0. The summed E-state index contributed by atoms with van der Waals surface area (Å²) in [6, 6.07) is -0.989. The van der Waals surface area contributed by atoms with Gasteiger partial charge in [-0.05, 0) is 32.1 Å². The van der Waals surface area contributed by atoms with Gasteiger partial charge in [0.2, 0.25) is 5.91 Å². The predicted molar refractivity (Wildman–Crippen MR) is 439 cm³/mol. The van der Waals surface area contributed by atoms with Crippen LogP contribution in [0.3, 0.4) is 0 Å². The lowest BCUT2D eigenvalue weighted by molar-refractivity contribution is -0.379. The van der Waals surface area contributed by atoms with Crippen LogP contribution in [0.2, 0.25) is 0 Å². The summed E-state index contributed by atoms with van der Waals surface area (Å²) in [6.45, 7) is 1.80. The van der Waals surface area contributed by atoms with Crippen molar-refractivity contribution in [3.8, 4) is 0 Å². The van der Waals surface area contributed by atoms with Crippen LogP contribution in [0.4, 0.5) is 0 Å². The van der Waals surface area contributed by atoms with E-state index in [1.165, 1.54) is 340 Å². The molecule has 17 unspecified atom stereocenters. The summed E-state index contributed by atoms with van der Waals surface area (Å²) in [5, 5.41) is 121. The Labute approximate surface area is 664 Å². The predicted octanol–water partition coefficient (Wildman–Crippen LogP) is 17.6. The van der Waals surface area contributed by atoms with Gasteiger partial charge in [0, 0.05) is 6.42 Å². The molecule has 3 fully saturated rings. The first kappa shape index (κ1) is 101. The van der Waals surface area contributed by atoms with Gasteiger partial charge in [-0.3, -0.25) is 4.79 Å². The fourth-order valence-corrected chi connectivity index (χ4v) is 15.9. The number of amides is 1. The van der Waals surface area contributed by atoms with E-state index in [1.54, 1.807) is 6.08 Å². The molecule has 0 bridgehead atoms. The molecule has 3 rings (SSSR count). The zero-order chi connectivity index (χ0) is 78.8. The van der Waals surface area contributed by atoms with E-state index in [1.807, 2.05) is 6.08 Å². The van der Waals surface area contributed by atoms with Crippen LogP contribution in [0.25, 0.3) is 0 Å². The first-order chi connectivity index (χ1) is 53.3. The van der Waals surface area contributed by atoms with E-state index in [-0.39, 0.29) is 18.9 Å². The van der Waals surface area contributed by atoms with Crippen molar-refractivity contribution >= 4 is 5.91 Å². The highest BCUT2D eigenvalue weighted by Crippen LogP contribution is 2.34. The number of rotatable bonds is 76. The number of hydrogen-bond donors (Lipinski definition) is 12. The van der Waals surface area contributed by atoms with Gasteiger partial charge in [-0.2, -0.15) is 0 Å². The lowest BCUT2D eigenvalue weighted by Gasteiger charge is -2.48. The van der Waals surface area contributed by atoms with Crippen molar-refractivity contribution in [1.82, 2.24) is 5.32 Å². The van der Waals surface area contributed by atoms with Crippen molar-refractivity contribution < 1.29 is 89.4 Å². The van der Waals surface area contributed by atoms with E-state index < -0.39 is 124 Å². The minimum Gasteiger partial charge on any atom is -0.394 e. The van der Waals surface area contributed by atoms with Crippen LogP contribution in [0, 0.1) is 0 Å². The third-order valence-electron chi connectivity index (χ3n) is 23.3. The summed E-state index contributed by atoms with van der Waals surface area (Å²) in [5.74, 6) is -0.275. The van der Waals surface area contributed by atoms with Gasteiger partial charge in [0.1, 0.15) is 73.2 Å². The second kappa shape index (κ2) is 70.5. The third-order valence-corrected chi connectivity index (χ3v) is 23.3. The first-order valence-corrected chi connectivity index (χ1v) is 46.1. The van der Waals surface area contributed by atoms with E-state index >= 15 is 0 Å². The molecule has 3 aliphatic rings. The fraction of sp³-hybridized carbons (Fsp3) is 0.944. The third kappa shape index (κ3) is 49.2. The molecule has 644 valence electrons. The lowest BCUT2D eigenvalue weighted by atomic mass is 9.96. The van der Waals surface area contributed by atoms with Crippen LogP contribution in [0.5, 0.6) is 0 Å². The van der Waals surface area contributed by atoms with Crippen LogP contribution < -0.4 is 5.32 Å². The Kier molecular flexibility index (Phi) is 65.6. The number of hydrogen-bond acceptors (Lipinski definition) is 18. The molecule has 19 nitrogen and oxygen atoms in total. The van der Waals surface area contributed by atoms with Crippen molar-refractivity contribution in [2.24, 2.45) is 0 Å². The molecule has 3 saturated heterocycles. The van der Waals surface area contributed by atoms with Crippen LogP contribution in [-0.4, -0.2) is 193 Å². The number of carbonyl (C=O) groups excluding carboxylic acids is 1. The Bertz CT molecular complexity index is 2060. The smallest absolute Gasteiger partial charge is 0.220 e. The Hall–Kier alpha value is -1.73. The quantitative estimate of drug-likeness (QED) is 0.0199. The van der Waals surface area contributed by atoms with E-state index in [0.29, 0.717) is 12.8 Å². The van der Waals surface area contributed by atoms with Gasteiger partial charge in [0.05, 0.1) is 38.6 Å². The Morgan fingerprint density at radius 2 is 0.587 bits per heavy atom. The summed E-state index contributed by atoms with van der Waals surface area (Å²) >= 11 is 0. The van der Waals surface area contributed by atoms with Gasteiger partial charge in [-0.1, -0.05) is 398 Å². The monoisotopic (exact) mass is 1550 g/mol. The molecular formula is C90H171NO18. The Morgan fingerprint density at radius 1 is 0.321 bits per heavy atom. The second-order valence-electron chi connectivity index (χ2n) is 33.1. The van der Waals surface area contributed by atoms with Gasteiger partial charge >= 0.3 is 0 Å². The number of ether oxygens (including phenoxy) is 6. The second-order valence-corrected chi connectivity index (χ2v) is 33.1. The molecule has 19 heteroatoms. The molecule has 3 aliphatic heterocycles. The summed E-state index contributed by atoms with van der Waals surface area (Å²) < 4.78 is 34.5. The van der Waals surface area contributed by atoms with Crippen LogP contribution in [0.15, 0.2) is 24.3 Å². The lowest BCUT2D eigenvalue weighted by Crippen LogP contribution is -2.66. The van der Waals surface area contributed by atoms with Gasteiger partial charge in [0.15, 0.2) is 18.9 Å². The van der Waals surface area contributed by atoms with Gasteiger partial charge in [-0.15, -0.1) is 0 Å². The Morgan fingerprint density at radius 3 is 0.917 bits per heavy atom. The van der Waals surface area contributed by atoms with Crippen molar-refractivity contribution in [3.63, 3.8) is 0 Å². The molecule has 0 aromatic carbocycles. The number of allylic oxidation sites excluding steroid dienone is 3. The highest BCUT2D eigenvalue weighted by molar-refractivity contribution is 5.76. The van der Waals surface area contributed by atoms with Gasteiger partial charge in [-0.25, -0.2) is 0 Å². The summed E-state index contributed by atoms with van der Waals surface area (Å²) in [5.41, 5.74) is 0. The van der Waals surface area contributed by atoms with E-state index in [0.717, 1.165) is 38.5 Å². The molecule has 0 saturated carbocycles. The molecule has 12 N–H and O–H groups in total. The number of aliphatic hydroxyl groups is 11. The molecule has 17 atom stereocenters. The largest absolute Gasteiger partial charge is 0.394 e. The van der Waals surface area contributed by atoms with Crippen LogP contribution in [-0.2, 0) is 33.2 Å². The minimum atomic E-state index is -1.98. The maximum atomic E-state index is 13.5. The fourth-order valence-electron chi connectivity index (χ4n) is 15.9. The van der Waals surface area contributed by atoms with Crippen molar-refractivity contribution in [2.75, 3.05) is 26.4 Å². The number of unbranched alkanes of at least 4 members (excludes halogenated alkanes) is 58. The SMILES string of the molecule is CCCCCCCCCCCCCCCCCCCCCCCCCCC/C=C/CC/C=C/C(O)C(COC1OC(CO)C(OC2OC(CO)C(OC3OC(CO)C(O)C(O)C3O)C(O)C2O)C(O)C1O)NC(=O)CCCCCCCCCCCCCCCCCCCCCCCCCCCCCCCCCCC. The maximum absolute atomic E-state index is 13.5. The minimum absolute atomic E-state index is 0.241. The molecular weight excluding hydrogens is 1380 g/mol. The molecule has 3 heterocycles. The van der Waals surface area contributed by atoms with Crippen LogP contribution in [0.1, 0.15) is 412 Å². The topological polar surface area (TPSA) is 307 Å². The summed E-state index contributed by atoms with van der Waals surface area (Å²) in [6.07, 6.45) is 62.1. The molecule has 0 aliphatic carbocycles. The van der Waals surface area contributed by atoms with E-state index in [2.05, 4.69) is 31.3 Å². The highest BCUT2D eigenvalue weighted by Gasteiger charge is 2.54. The normalized spacial score (nSPS) is 25.3. The number of nitrogens with one attached hydrogen (secondary N) is 1. The molecule has 0 aromatic rings. The zero-order valence-electron chi connectivity index (χ0n) is 69.6. The Balaban J connectivity index is 1.33. The first-order valence-electron chi connectivity index (χ1n) is 46.1. The van der Waals surface area contributed by atoms with E-state index in [9.17, 15) is 61.0 Å². The zero-order valence-corrected chi connectivity index (χ0v) is 69.6. The highest BCUT2D eigenvalue weighted by atomic mass is 16.8. The number of aliphatic hydroxyl groups excluding tert-OH is 11. The van der Waals surface area contributed by atoms with Crippen LogP contribution >= 0.6 is 0 Å². The average Bonchev–Trinajstić information content (AvgIpc) is 0.780. The molecule has 0 aromatic heterocycles. The van der Waals surface area contributed by atoms with Crippen molar-refractivity contribution in [1.29, 1.82) is 0 Å². The van der Waals surface area contributed by atoms with Gasteiger partial charge in [0.25, 0.3) is 0 Å². The molecule has 1 amide bonds. The van der Waals surface area contributed by atoms with E-state index in [4.69, 9.17) is 28.4 Å². The van der Waals surface area contributed by atoms with Crippen molar-refractivity contribution in [2.45, 2.75) is 516 Å². The summed E-state index contributed by atoms with van der Waals surface area (Å²) in [4.78, 5) is 13.5. The van der Waals surface area contributed by atoms with Crippen molar-refractivity contribution in [3.05, 3.63) is 24.3 Å². The average molecular weight is 1560 g/mol. The number of carbonyl (C=O) groups is 1. The molecule has 109 heavy (non-hydrogen) atoms.